The van der Waals surface area contributed by atoms with Crippen LogP contribution in [0.1, 0.15) is 12.5 Å². The maximum atomic E-state index is 12.5. The molecule has 0 aliphatic rings. The number of likely N-dealkylation sites (N-methyl/N-ethyl adjacent to an activating group) is 1. The quantitative estimate of drug-likeness (QED) is 0.818. The zero-order valence-corrected chi connectivity index (χ0v) is 15.3. The highest BCUT2D eigenvalue weighted by Crippen LogP contribution is 2.14. The molecule has 0 aromatic heterocycles. The van der Waals surface area contributed by atoms with Crippen LogP contribution in [0.5, 0.6) is 5.75 Å². The Labute approximate surface area is 148 Å². The number of benzene rings is 2. The first kappa shape index (κ1) is 19.0. The number of sulfonamides is 1. The standard InChI is InChI=1S/C18H22N2O4S/c1-14(19-25(22,23)17-10-5-4-6-11-17)18(21)20(2)13-15-8-7-9-16(12-15)24-3/h4-12,14,19H,13H2,1-3H3/t14-/m0/s1. The van der Waals surface area contributed by atoms with Gasteiger partial charge >= 0.3 is 0 Å². The van der Waals surface area contributed by atoms with Gasteiger partial charge in [0.2, 0.25) is 15.9 Å². The first-order valence-corrected chi connectivity index (χ1v) is 9.27. The predicted molar refractivity (Wildman–Crippen MR) is 95.7 cm³/mol. The first-order chi connectivity index (χ1) is 11.8. The van der Waals surface area contributed by atoms with Crippen molar-refractivity contribution in [2.75, 3.05) is 14.2 Å². The molecule has 0 radical (unpaired) electrons. The summed E-state index contributed by atoms with van der Waals surface area (Å²) in [6.07, 6.45) is 0. The van der Waals surface area contributed by atoms with Crippen molar-refractivity contribution in [3.05, 3.63) is 60.2 Å². The van der Waals surface area contributed by atoms with Crippen LogP contribution in [0.3, 0.4) is 0 Å². The van der Waals surface area contributed by atoms with Crippen LogP contribution in [0.25, 0.3) is 0 Å². The molecule has 0 spiro atoms. The zero-order valence-electron chi connectivity index (χ0n) is 14.5. The lowest BCUT2D eigenvalue weighted by atomic mass is 10.2. The molecular formula is C18H22N2O4S. The maximum absolute atomic E-state index is 12.5. The molecule has 0 aliphatic carbocycles. The van der Waals surface area contributed by atoms with Crippen molar-refractivity contribution in [2.24, 2.45) is 0 Å². The Balaban J connectivity index is 2.03. The molecule has 2 rings (SSSR count). The predicted octanol–water partition coefficient (Wildman–Crippen LogP) is 2.02. The van der Waals surface area contributed by atoms with Gasteiger partial charge in [0, 0.05) is 13.6 Å². The number of carbonyl (C=O) groups is 1. The van der Waals surface area contributed by atoms with Gasteiger partial charge in [0.05, 0.1) is 18.0 Å². The van der Waals surface area contributed by atoms with Crippen LogP contribution >= 0.6 is 0 Å². The van der Waals surface area contributed by atoms with Crippen LogP contribution in [-0.4, -0.2) is 39.4 Å². The highest BCUT2D eigenvalue weighted by molar-refractivity contribution is 7.89. The van der Waals surface area contributed by atoms with Crippen molar-refractivity contribution in [3.8, 4) is 5.75 Å². The average molecular weight is 362 g/mol. The van der Waals surface area contributed by atoms with Crippen molar-refractivity contribution in [1.82, 2.24) is 9.62 Å². The van der Waals surface area contributed by atoms with E-state index < -0.39 is 16.1 Å². The Kier molecular flexibility index (Phi) is 6.17. The molecule has 6 nitrogen and oxygen atoms in total. The van der Waals surface area contributed by atoms with E-state index in [0.717, 1.165) is 5.56 Å². The SMILES string of the molecule is COc1cccc(CN(C)C(=O)[C@H](C)NS(=O)(=O)c2ccccc2)c1. The van der Waals surface area contributed by atoms with Crippen LogP contribution in [0.15, 0.2) is 59.5 Å². The molecule has 0 saturated carbocycles. The van der Waals surface area contributed by atoms with Crippen LogP contribution in [0, 0.1) is 0 Å². The highest BCUT2D eigenvalue weighted by Gasteiger charge is 2.24. The van der Waals surface area contributed by atoms with Crippen molar-refractivity contribution >= 4 is 15.9 Å². The number of amides is 1. The smallest absolute Gasteiger partial charge is 0.241 e. The minimum atomic E-state index is -3.74. The van der Waals surface area contributed by atoms with E-state index >= 15 is 0 Å². The second-order valence-electron chi connectivity index (χ2n) is 5.70. The fourth-order valence-corrected chi connectivity index (χ4v) is 3.62. The summed E-state index contributed by atoms with van der Waals surface area (Å²) < 4.78 is 32.2. The third-order valence-corrected chi connectivity index (χ3v) is 5.24. The van der Waals surface area contributed by atoms with E-state index in [1.54, 1.807) is 32.4 Å². The Morgan fingerprint density at radius 1 is 1.16 bits per heavy atom. The maximum Gasteiger partial charge on any atom is 0.241 e. The molecule has 0 aliphatic heterocycles. The summed E-state index contributed by atoms with van der Waals surface area (Å²) in [6, 6.07) is 14.5. The molecule has 1 atom stereocenters. The number of nitrogens with zero attached hydrogens (tertiary/aromatic N) is 1. The molecule has 2 aromatic carbocycles. The van der Waals surface area contributed by atoms with Gasteiger partial charge in [-0.1, -0.05) is 30.3 Å². The third-order valence-electron chi connectivity index (χ3n) is 3.69. The summed E-state index contributed by atoms with van der Waals surface area (Å²) in [5.74, 6) is 0.388. The minimum Gasteiger partial charge on any atom is -0.497 e. The van der Waals surface area contributed by atoms with Gasteiger partial charge in [-0.15, -0.1) is 0 Å². The lowest BCUT2D eigenvalue weighted by Gasteiger charge is -2.22. The lowest BCUT2D eigenvalue weighted by Crippen LogP contribution is -2.45. The number of hydrogen-bond acceptors (Lipinski definition) is 4. The summed E-state index contributed by atoms with van der Waals surface area (Å²) in [4.78, 5) is 14.1. The summed E-state index contributed by atoms with van der Waals surface area (Å²) in [7, 11) is -0.527. The molecule has 1 N–H and O–H groups in total. The minimum absolute atomic E-state index is 0.130. The molecule has 2 aromatic rings. The van der Waals surface area contributed by atoms with E-state index in [1.807, 2.05) is 24.3 Å². The summed E-state index contributed by atoms with van der Waals surface area (Å²) in [6.45, 7) is 1.89. The molecular weight excluding hydrogens is 340 g/mol. The van der Waals surface area contributed by atoms with E-state index in [4.69, 9.17) is 4.74 Å². The monoisotopic (exact) mass is 362 g/mol. The van der Waals surface area contributed by atoms with Gasteiger partial charge in [-0.2, -0.15) is 4.72 Å². The summed E-state index contributed by atoms with van der Waals surface area (Å²) in [5, 5.41) is 0. The van der Waals surface area contributed by atoms with Gasteiger partial charge < -0.3 is 9.64 Å². The highest BCUT2D eigenvalue weighted by atomic mass is 32.2. The van der Waals surface area contributed by atoms with Gasteiger partial charge in [0.1, 0.15) is 5.75 Å². The molecule has 0 bridgehead atoms. The second-order valence-corrected chi connectivity index (χ2v) is 7.42. The molecule has 7 heteroatoms. The number of ether oxygens (including phenoxy) is 1. The first-order valence-electron chi connectivity index (χ1n) is 7.79. The van der Waals surface area contributed by atoms with Gasteiger partial charge in [-0.25, -0.2) is 8.42 Å². The van der Waals surface area contributed by atoms with Gasteiger partial charge in [0.25, 0.3) is 0 Å². The number of rotatable bonds is 7. The van der Waals surface area contributed by atoms with E-state index in [0.29, 0.717) is 12.3 Å². The fourth-order valence-electron chi connectivity index (χ4n) is 2.40. The van der Waals surface area contributed by atoms with Crippen LogP contribution in [0.4, 0.5) is 0 Å². The number of carbonyl (C=O) groups excluding carboxylic acids is 1. The van der Waals surface area contributed by atoms with Gasteiger partial charge in [-0.3, -0.25) is 4.79 Å². The fraction of sp³-hybridized carbons (Fsp3) is 0.278. The molecule has 25 heavy (non-hydrogen) atoms. The Morgan fingerprint density at radius 2 is 1.84 bits per heavy atom. The van der Waals surface area contributed by atoms with Crippen LogP contribution in [-0.2, 0) is 21.4 Å². The van der Waals surface area contributed by atoms with Crippen LogP contribution < -0.4 is 9.46 Å². The lowest BCUT2D eigenvalue weighted by molar-refractivity contribution is -0.131. The van der Waals surface area contributed by atoms with Crippen molar-refractivity contribution in [3.63, 3.8) is 0 Å². The summed E-state index contributed by atoms with van der Waals surface area (Å²) in [5.41, 5.74) is 0.897. The van der Waals surface area contributed by atoms with Crippen molar-refractivity contribution in [2.45, 2.75) is 24.4 Å². The molecule has 1 amide bonds. The topological polar surface area (TPSA) is 75.7 Å². The van der Waals surface area contributed by atoms with E-state index in [1.165, 1.54) is 24.0 Å². The molecule has 0 saturated heterocycles. The van der Waals surface area contributed by atoms with Gasteiger partial charge in [0.15, 0.2) is 0 Å². The van der Waals surface area contributed by atoms with E-state index in [2.05, 4.69) is 4.72 Å². The number of methoxy groups -OCH3 is 1. The number of nitrogens with one attached hydrogen (secondary N) is 1. The van der Waals surface area contributed by atoms with Crippen molar-refractivity contribution < 1.29 is 17.9 Å². The molecule has 0 fully saturated rings. The summed E-state index contributed by atoms with van der Waals surface area (Å²) >= 11 is 0. The third kappa shape index (κ3) is 5.04. The number of hydrogen-bond donors (Lipinski definition) is 1. The average Bonchev–Trinajstić information content (AvgIpc) is 2.61. The van der Waals surface area contributed by atoms with E-state index in [-0.39, 0.29) is 10.8 Å². The normalized spacial score (nSPS) is 12.4. The van der Waals surface area contributed by atoms with Crippen LogP contribution in [0.2, 0.25) is 0 Å². The largest absolute Gasteiger partial charge is 0.497 e. The molecule has 0 heterocycles. The van der Waals surface area contributed by atoms with E-state index in [9.17, 15) is 13.2 Å². The second kappa shape index (κ2) is 8.13. The molecule has 0 unspecified atom stereocenters. The molecule has 134 valence electrons. The Bertz CT molecular complexity index is 822. The van der Waals surface area contributed by atoms with Crippen molar-refractivity contribution in [1.29, 1.82) is 0 Å². The van der Waals surface area contributed by atoms with Gasteiger partial charge in [-0.05, 0) is 36.8 Å². The Hall–Kier alpha value is -2.38. The Morgan fingerprint density at radius 3 is 2.48 bits per heavy atom. The zero-order chi connectivity index (χ0) is 18.4.